The van der Waals surface area contributed by atoms with Crippen LogP contribution < -0.4 is 5.32 Å². The predicted octanol–water partition coefficient (Wildman–Crippen LogP) is 2.28. The third-order valence-electron chi connectivity index (χ3n) is 3.76. The molecule has 0 bridgehead atoms. The fourth-order valence-electron chi connectivity index (χ4n) is 2.92. The SMILES string of the molecule is CCc1nc(C)c2c(C3CCNC3)cccn12. The number of imidazole rings is 1. The Morgan fingerprint density at radius 2 is 2.41 bits per heavy atom. The molecule has 3 heterocycles. The van der Waals surface area contributed by atoms with Crippen molar-refractivity contribution in [3.63, 3.8) is 0 Å². The van der Waals surface area contributed by atoms with Crippen LogP contribution in [0.4, 0.5) is 0 Å². The van der Waals surface area contributed by atoms with Crippen LogP contribution in [0.25, 0.3) is 5.52 Å². The van der Waals surface area contributed by atoms with Crippen LogP contribution >= 0.6 is 0 Å². The van der Waals surface area contributed by atoms with E-state index in [-0.39, 0.29) is 0 Å². The second kappa shape index (κ2) is 4.15. The van der Waals surface area contributed by atoms with Crippen molar-refractivity contribution in [2.75, 3.05) is 13.1 Å². The first-order valence-electron chi connectivity index (χ1n) is 6.48. The molecule has 1 atom stereocenters. The number of hydrogen-bond donors (Lipinski definition) is 1. The molecule has 3 rings (SSSR count). The number of nitrogens with zero attached hydrogens (tertiary/aromatic N) is 2. The first-order valence-corrected chi connectivity index (χ1v) is 6.48. The van der Waals surface area contributed by atoms with E-state index in [1.165, 1.54) is 29.0 Å². The normalized spacial score (nSPS) is 20.2. The maximum atomic E-state index is 4.68. The lowest BCUT2D eigenvalue weighted by Crippen LogP contribution is -2.09. The molecule has 17 heavy (non-hydrogen) atoms. The van der Waals surface area contributed by atoms with Crippen LogP contribution in [0.15, 0.2) is 18.3 Å². The summed E-state index contributed by atoms with van der Waals surface area (Å²) in [5.74, 6) is 1.82. The number of nitrogens with one attached hydrogen (secondary N) is 1. The maximum absolute atomic E-state index is 4.68. The highest BCUT2D eigenvalue weighted by Crippen LogP contribution is 2.28. The van der Waals surface area contributed by atoms with Crippen molar-refractivity contribution in [1.29, 1.82) is 0 Å². The zero-order valence-electron chi connectivity index (χ0n) is 10.5. The highest BCUT2D eigenvalue weighted by atomic mass is 15.0. The Morgan fingerprint density at radius 1 is 1.53 bits per heavy atom. The fraction of sp³-hybridized carbons (Fsp3) is 0.500. The maximum Gasteiger partial charge on any atom is 0.113 e. The summed E-state index contributed by atoms with van der Waals surface area (Å²) >= 11 is 0. The van der Waals surface area contributed by atoms with Gasteiger partial charge < -0.3 is 9.72 Å². The summed E-state index contributed by atoms with van der Waals surface area (Å²) in [7, 11) is 0. The molecular weight excluding hydrogens is 210 g/mol. The van der Waals surface area contributed by atoms with E-state index in [1.807, 2.05) is 0 Å². The number of aromatic nitrogens is 2. The minimum atomic E-state index is 0.652. The Bertz CT molecular complexity index is 536. The quantitative estimate of drug-likeness (QED) is 0.856. The van der Waals surface area contributed by atoms with Crippen molar-refractivity contribution >= 4 is 5.52 Å². The average Bonchev–Trinajstić information content (AvgIpc) is 2.97. The molecule has 1 aliphatic rings. The summed E-state index contributed by atoms with van der Waals surface area (Å²) in [4.78, 5) is 4.68. The van der Waals surface area contributed by atoms with Crippen LogP contribution in [-0.4, -0.2) is 22.5 Å². The molecule has 1 fully saturated rings. The number of hydrogen-bond acceptors (Lipinski definition) is 2. The van der Waals surface area contributed by atoms with Crippen LogP contribution in [0.5, 0.6) is 0 Å². The first-order chi connectivity index (χ1) is 8.31. The van der Waals surface area contributed by atoms with Gasteiger partial charge in [-0.2, -0.15) is 0 Å². The smallest absolute Gasteiger partial charge is 0.113 e. The van der Waals surface area contributed by atoms with Crippen molar-refractivity contribution in [2.45, 2.75) is 32.6 Å². The highest BCUT2D eigenvalue weighted by Gasteiger charge is 2.21. The van der Waals surface area contributed by atoms with Gasteiger partial charge in [0.05, 0.1) is 11.2 Å². The van der Waals surface area contributed by atoms with Gasteiger partial charge >= 0.3 is 0 Å². The molecular formula is C14H19N3. The van der Waals surface area contributed by atoms with Crippen LogP contribution in [-0.2, 0) is 6.42 Å². The monoisotopic (exact) mass is 229 g/mol. The Labute approximate surface area is 102 Å². The fourth-order valence-corrected chi connectivity index (χ4v) is 2.92. The molecule has 0 aliphatic carbocycles. The molecule has 2 aromatic rings. The lowest BCUT2D eigenvalue weighted by atomic mass is 9.97. The molecule has 2 aromatic heterocycles. The van der Waals surface area contributed by atoms with Gasteiger partial charge in [-0.25, -0.2) is 4.98 Å². The summed E-state index contributed by atoms with van der Waals surface area (Å²) in [5.41, 5.74) is 3.96. The minimum Gasteiger partial charge on any atom is -0.316 e. The van der Waals surface area contributed by atoms with Gasteiger partial charge in [-0.3, -0.25) is 0 Å². The van der Waals surface area contributed by atoms with Gasteiger partial charge in [0.25, 0.3) is 0 Å². The number of aryl methyl sites for hydroxylation is 2. The summed E-state index contributed by atoms with van der Waals surface area (Å²) in [5, 5.41) is 3.45. The molecule has 1 unspecified atom stereocenters. The molecule has 0 aromatic carbocycles. The van der Waals surface area contributed by atoms with Crippen LogP contribution in [0.1, 0.15) is 36.3 Å². The van der Waals surface area contributed by atoms with E-state index in [2.05, 4.69) is 46.9 Å². The van der Waals surface area contributed by atoms with E-state index in [1.54, 1.807) is 0 Å². The second-order valence-corrected chi connectivity index (χ2v) is 4.84. The zero-order chi connectivity index (χ0) is 11.8. The van der Waals surface area contributed by atoms with Gasteiger partial charge in [0.2, 0.25) is 0 Å². The topological polar surface area (TPSA) is 29.3 Å². The lowest BCUT2D eigenvalue weighted by molar-refractivity contribution is 0.763. The summed E-state index contributed by atoms with van der Waals surface area (Å²) in [6.07, 6.45) is 4.37. The van der Waals surface area contributed by atoms with E-state index in [0.717, 1.165) is 19.5 Å². The van der Waals surface area contributed by atoms with Crippen molar-refractivity contribution in [3.05, 3.63) is 35.4 Å². The zero-order valence-corrected chi connectivity index (χ0v) is 10.5. The Balaban J connectivity index is 2.21. The van der Waals surface area contributed by atoms with Crippen molar-refractivity contribution in [1.82, 2.24) is 14.7 Å². The second-order valence-electron chi connectivity index (χ2n) is 4.84. The average molecular weight is 229 g/mol. The Morgan fingerprint density at radius 3 is 3.12 bits per heavy atom. The van der Waals surface area contributed by atoms with Gasteiger partial charge in [-0.05, 0) is 37.4 Å². The van der Waals surface area contributed by atoms with Crippen LogP contribution in [0, 0.1) is 6.92 Å². The molecule has 3 nitrogen and oxygen atoms in total. The molecule has 0 amide bonds. The van der Waals surface area contributed by atoms with E-state index in [4.69, 9.17) is 0 Å². The summed E-state index contributed by atoms with van der Waals surface area (Å²) in [6, 6.07) is 4.42. The highest BCUT2D eigenvalue weighted by molar-refractivity contribution is 5.61. The van der Waals surface area contributed by atoms with Crippen molar-refractivity contribution in [2.24, 2.45) is 0 Å². The standard InChI is InChI=1S/C14H19N3/c1-3-13-16-10(2)14-12(5-4-8-17(13)14)11-6-7-15-9-11/h4-5,8,11,15H,3,6-7,9H2,1-2H3. The van der Waals surface area contributed by atoms with Crippen LogP contribution in [0.3, 0.4) is 0 Å². The molecule has 90 valence electrons. The van der Waals surface area contributed by atoms with Crippen molar-refractivity contribution < 1.29 is 0 Å². The lowest BCUT2D eigenvalue weighted by Gasteiger charge is -2.11. The molecule has 0 radical (unpaired) electrons. The van der Waals surface area contributed by atoms with Gasteiger partial charge in [-0.1, -0.05) is 13.0 Å². The largest absolute Gasteiger partial charge is 0.316 e. The number of rotatable bonds is 2. The molecule has 0 saturated carbocycles. The third-order valence-corrected chi connectivity index (χ3v) is 3.76. The third kappa shape index (κ3) is 1.65. The number of fused-ring (bicyclic) bond motifs is 1. The van der Waals surface area contributed by atoms with Crippen LogP contribution in [0.2, 0.25) is 0 Å². The molecule has 1 saturated heterocycles. The van der Waals surface area contributed by atoms with E-state index < -0.39 is 0 Å². The van der Waals surface area contributed by atoms with Gasteiger partial charge in [0.15, 0.2) is 0 Å². The summed E-state index contributed by atoms with van der Waals surface area (Å²) < 4.78 is 2.27. The molecule has 0 spiro atoms. The minimum absolute atomic E-state index is 0.652. The van der Waals surface area contributed by atoms with Gasteiger partial charge in [0, 0.05) is 19.2 Å². The summed E-state index contributed by atoms with van der Waals surface area (Å²) in [6.45, 7) is 6.53. The van der Waals surface area contributed by atoms with Gasteiger partial charge in [0.1, 0.15) is 5.82 Å². The van der Waals surface area contributed by atoms with E-state index in [0.29, 0.717) is 5.92 Å². The van der Waals surface area contributed by atoms with Crippen molar-refractivity contribution in [3.8, 4) is 0 Å². The van der Waals surface area contributed by atoms with E-state index >= 15 is 0 Å². The molecule has 1 N–H and O–H groups in total. The Hall–Kier alpha value is -1.35. The number of pyridine rings is 1. The first kappa shape index (κ1) is 10.8. The molecule has 1 aliphatic heterocycles. The van der Waals surface area contributed by atoms with Gasteiger partial charge in [-0.15, -0.1) is 0 Å². The predicted molar refractivity (Wildman–Crippen MR) is 69.5 cm³/mol. The molecule has 3 heteroatoms. The van der Waals surface area contributed by atoms with E-state index in [9.17, 15) is 0 Å². The Kier molecular flexibility index (Phi) is 2.63.